The van der Waals surface area contributed by atoms with Crippen LogP contribution in [0.4, 0.5) is 18.0 Å². The number of carboxylic acid groups (broad SMARTS) is 1. The van der Waals surface area contributed by atoms with E-state index >= 15 is 0 Å². The maximum absolute atomic E-state index is 12.8. The minimum absolute atomic E-state index is 0.160. The number of carbonyl (C=O) groups excluding carboxylic acids is 1. The molecule has 0 aliphatic carbocycles. The molecule has 0 aliphatic rings. The lowest BCUT2D eigenvalue weighted by Gasteiger charge is -2.29. The van der Waals surface area contributed by atoms with Gasteiger partial charge < -0.3 is 15.3 Å². The molecule has 0 spiro atoms. The molecular formula is C12H21F3N2O3. The molecular weight excluding hydrogens is 277 g/mol. The van der Waals surface area contributed by atoms with Gasteiger partial charge in [-0.25, -0.2) is 4.79 Å². The number of aliphatic carboxylic acids is 1. The third-order valence-corrected chi connectivity index (χ3v) is 3.16. The Morgan fingerprint density at radius 3 is 2.15 bits per heavy atom. The summed E-state index contributed by atoms with van der Waals surface area (Å²) in [6.07, 6.45) is -4.27. The molecule has 0 fully saturated rings. The highest BCUT2D eigenvalue weighted by atomic mass is 19.4. The largest absolute Gasteiger partial charge is 0.481 e. The molecule has 0 bridgehead atoms. The van der Waals surface area contributed by atoms with Crippen LogP contribution in [0.15, 0.2) is 0 Å². The van der Waals surface area contributed by atoms with Crippen LogP contribution in [-0.4, -0.2) is 47.8 Å². The number of hydrogen-bond donors (Lipinski definition) is 2. The van der Waals surface area contributed by atoms with Gasteiger partial charge >= 0.3 is 18.2 Å². The Balaban J connectivity index is 4.72. The zero-order valence-corrected chi connectivity index (χ0v) is 12.0. The van der Waals surface area contributed by atoms with Gasteiger partial charge in [0, 0.05) is 13.6 Å². The average molecular weight is 298 g/mol. The highest BCUT2D eigenvalue weighted by Crippen LogP contribution is 2.27. The number of rotatable bonds is 6. The molecule has 118 valence electrons. The summed E-state index contributed by atoms with van der Waals surface area (Å²) in [7, 11) is 1.26. The topological polar surface area (TPSA) is 69.6 Å². The molecule has 8 heteroatoms. The van der Waals surface area contributed by atoms with Gasteiger partial charge in [-0.1, -0.05) is 27.2 Å². The number of carbonyl (C=O) groups is 2. The van der Waals surface area contributed by atoms with Crippen molar-refractivity contribution in [3.63, 3.8) is 0 Å². The number of nitrogens with one attached hydrogen (secondary N) is 1. The summed E-state index contributed by atoms with van der Waals surface area (Å²) in [5.74, 6) is -2.72. The molecule has 0 heterocycles. The number of halogens is 3. The van der Waals surface area contributed by atoms with E-state index in [1.807, 2.05) is 5.32 Å². The monoisotopic (exact) mass is 298 g/mol. The first-order valence-corrected chi connectivity index (χ1v) is 6.31. The second-order valence-corrected chi connectivity index (χ2v) is 4.97. The average Bonchev–Trinajstić information content (AvgIpc) is 2.32. The van der Waals surface area contributed by atoms with Crippen LogP contribution in [-0.2, 0) is 4.79 Å². The SMILES string of the molecule is CCC(C)C(NC(=O)N(C)CC(C)C(=O)O)C(F)(F)F. The maximum Gasteiger partial charge on any atom is 0.408 e. The third kappa shape index (κ3) is 5.66. The Bertz CT molecular complexity index is 347. The Morgan fingerprint density at radius 1 is 1.30 bits per heavy atom. The Morgan fingerprint density at radius 2 is 1.80 bits per heavy atom. The zero-order chi connectivity index (χ0) is 16.1. The van der Waals surface area contributed by atoms with Crippen LogP contribution in [0.2, 0.25) is 0 Å². The number of urea groups is 1. The summed E-state index contributed by atoms with van der Waals surface area (Å²) in [5.41, 5.74) is 0. The molecule has 3 atom stereocenters. The number of nitrogens with zero attached hydrogens (tertiary/aromatic N) is 1. The zero-order valence-electron chi connectivity index (χ0n) is 12.0. The van der Waals surface area contributed by atoms with Gasteiger partial charge in [0.05, 0.1) is 5.92 Å². The van der Waals surface area contributed by atoms with E-state index in [0.29, 0.717) is 0 Å². The van der Waals surface area contributed by atoms with Crippen molar-refractivity contribution in [2.75, 3.05) is 13.6 Å². The summed E-state index contributed by atoms with van der Waals surface area (Å²) in [4.78, 5) is 23.3. The van der Waals surface area contributed by atoms with Gasteiger partial charge in [0.15, 0.2) is 0 Å². The standard InChI is InChI=1S/C12H21F3N2O3/c1-5-7(2)9(12(13,14)15)16-11(20)17(4)6-8(3)10(18)19/h7-9H,5-6H2,1-4H3,(H,16,20)(H,18,19). The highest BCUT2D eigenvalue weighted by Gasteiger charge is 2.43. The quantitative estimate of drug-likeness (QED) is 0.790. The van der Waals surface area contributed by atoms with Gasteiger partial charge in [0.1, 0.15) is 6.04 Å². The molecule has 0 saturated heterocycles. The fourth-order valence-corrected chi connectivity index (χ4v) is 1.60. The fraction of sp³-hybridized carbons (Fsp3) is 0.833. The Kier molecular flexibility index (Phi) is 6.81. The highest BCUT2D eigenvalue weighted by molar-refractivity contribution is 5.76. The summed E-state index contributed by atoms with van der Waals surface area (Å²) in [6.45, 7) is 4.22. The number of amides is 2. The lowest BCUT2D eigenvalue weighted by Crippen LogP contribution is -2.53. The number of alkyl halides is 3. The van der Waals surface area contributed by atoms with Crippen LogP contribution in [0.25, 0.3) is 0 Å². The van der Waals surface area contributed by atoms with Crippen LogP contribution < -0.4 is 5.32 Å². The van der Waals surface area contributed by atoms with E-state index in [9.17, 15) is 22.8 Å². The second-order valence-electron chi connectivity index (χ2n) is 4.97. The van der Waals surface area contributed by atoms with E-state index in [1.165, 1.54) is 20.9 Å². The van der Waals surface area contributed by atoms with E-state index in [1.54, 1.807) is 6.92 Å². The smallest absolute Gasteiger partial charge is 0.408 e. The summed E-state index contributed by atoms with van der Waals surface area (Å²) < 4.78 is 38.5. The molecule has 0 rings (SSSR count). The van der Waals surface area contributed by atoms with E-state index in [0.717, 1.165) is 4.90 Å². The Labute approximate surface area is 116 Å². The first-order chi connectivity index (χ1) is 9.00. The molecule has 3 unspecified atom stereocenters. The molecule has 20 heavy (non-hydrogen) atoms. The first-order valence-electron chi connectivity index (χ1n) is 6.31. The van der Waals surface area contributed by atoms with E-state index in [4.69, 9.17) is 5.11 Å². The lowest BCUT2D eigenvalue weighted by molar-refractivity contribution is -0.164. The predicted octanol–water partition coefficient (Wildman–Crippen LogP) is 2.33. The fourth-order valence-electron chi connectivity index (χ4n) is 1.60. The second kappa shape index (κ2) is 7.35. The van der Waals surface area contributed by atoms with Crippen molar-refractivity contribution in [1.82, 2.24) is 10.2 Å². The van der Waals surface area contributed by atoms with Crippen molar-refractivity contribution in [3.05, 3.63) is 0 Å². The van der Waals surface area contributed by atoms with Crippen molar-refractivity contribution in [3.8, 4) is 0 Å². The molecule has 0 aromatic carbocycles. The van der Waals surface area contributed by atoms with Gasteiger partial charge in [-0.3, -0.25) is 4.79 Å². The van der Waals surface area contributed by atoms with E-state index in [2.05, 4.69) is 0 Å². The maximum atomic E-state index is 12.8. The summed E-state index contributed by atoms with van der Waals surface area (Å²) in [5, 5.41) is 10.6. The van der Waals surface area contributed by atoms with Gasteiger partial charge in [-0.15, -0.1) is 0 Å². The van der Waals surface area contributed by atoms with Gasteiger partial charge in [-0.2, -0.15) is 13.2 Å². The van der Waals surface area contributed by atoms with Gasteiger partial charge in [-0.05, 0) is 5.92 Å². The van der Waals surface area contributed by atoms with Gasteiger partial charge in [0.25, 0.3) is 0 Å². The minimum atomic E-state index is -4.54. The van der Waals surface area contributed by atoms with Crippen LogP contribution >= 0.6 is 0 Å². The van der Waals surface area contributed by atoms with Crippen LogP contribution in [0.3, 0.4) is 0 Å². The summed E-state index contributed by atoms with van der Waals surface area (Å²) in [6, 6.07) is -2.87. The van der Waals surface area contributed by atoms with E-state index < -0.39 is 36.1 Å². The Hall–Kier alpha value is -1.47. The third-order valence-electron chi connectivity index (χ3n) is 3.16. The minimum Gasteiger partial charge on any atom is -0.481 e. The van der Waals surface area contributed by atoms with Gasteiger partial charge in [0.2, 0.25) is 0 Å². The van der Waals surface area contributed by atoms with E-state index in [-0.39, 0.29) is 13.0 Å². The molecule has 2 amide bonds. The van der Waals surface area contributed by atoms with Crippen molar-refractivity contribution in [2.24, 2.45) is 11.8 Å². The van der Waals surface area contributed by atoms with Crippen molar-refractivity contribution in [1.29, 1.82) is 0 Å². The first kappa shape index (κ1) is 18.5. The van der Waals surface area contributed by atoms with Crippen molar-refractivity contribution >= 4 is 12.0 Å². The van der Waals surface area contributed by atoms with Crippen LogP contribution in [0, 0.1) is 11.8 Å². The van der Waals surface area contributed by atoms with Crippen LogP contribution in [0.1, 0.15) is 27.2 Å². The molecule has 0 saturated carbocycles. The lowest BCUT2D eigenvalue weighted by atomic mass is 9.99. The molecule has 2 N–H and O–H groups in total. The molecule has 0 aliphatic heterocycles. The molecule has 0 radical (unpaired) electrons. The molecule has 0 aromatic heterocycles. The normalized spacial score (nSPS) is 16.1. The number of hydrogen-bond acceptors (Lipinski definition) is 2. The van der Waals surface area contributed by atoms with Crippen molar-refractivity contribution < 1.29 is 27.9 Å². The van der Waals surface area contributed by atoms with Crippen molar-refractivity contribution in [2.45, 2.75) is 39.4 Å². The predicted molar refractivity (Wildman–Crippen MR) is 67.3 cm³/mol. The van der Waals surface area contributed by atoms with Crippen LogP contribution in [0.5, 0.6) is 0 Å². The molecule has 0 aromatic rings. The summed E-state index contributed by atoms with van der Waals surface area (Å²) >= 11 is 0. The molecule has 5 nitrogen and oxygen atoms in total. The number of carboxylic acids is 1.